The molecule has 1 aromatic rings. The van der Waals surface area contributed by atoms with E-state index in [-0.39, 0.29) is 23.9 Å². The molecule has 3 atom stereocenters. The maximum absolute atomic E-state index is 13.2. The summed E-state index contributed by atoms with van der Waals surface area (Å²) >= 11 is 0. The van der Waals surface area contributed by atoms with Gasteiger partial charge >= 0.3 is 0 Å². The van der Waals surface area contributed by atoms with Crippen molar-refractivity contribution in [1.29, 1.82) is 0 Å². The fraction of sp³-hybridized carbons (Fsp3) is 0.588. The van der Waals surface area contributed by atoms with Crippen LogP contribution in [0.2, 0.25) is 0 Å². The van der Waals surface area contributed by atoms with E-state index >= 15 is 0 Å². The van der Waals surface area contributed by atoms with E-state index in [1.54, 1.807) is 12.1 Å². The summed E-state index contributed by atoms with van der Waals surface area (Å²) in [6.45, 7) is 2.21. The van der Waals surface area contributed by atoms with Gasteiger partial charge in [0.05, 0.1) is 6.04 Å². The van der Waals surface area contributed by atoms with Crippen LogP contribution in [0.1, 0.15) is 12.8 Å². The first kappa shape index (κ1) is 16.2. The van der Waals surface area contributed by atoms with Crippen LogP contribution in [0.15, 0.2) is 24.3 Å². The second-order valence-electron chi connectivity index (χ2n) is 6.58. The number of likely N-dealkylation sites (N-methyl/N-ethyl adjacent to an activating group) is 1. The molecule has 6 heteroatoms. The first-order valence-electron chi connectivity index (χ1n) is 8.14. The van der Waals surface area contributed by atoms with E-state index in [1.807, 2.05) is 4.90 Å². The van der Waals surface area contributed by atoms with Crippen molar-refractivity contribution in [3.63, 3.8) is 0 Å². The molecular formula is C17H24FN3O2. The zero-order valence-electron chi connectivity index (χ0n) is 13.7. The molecule has 126 valence electrons. The van der Waals surface area contributed by atoms with E-state index in [4.69, 9.17) is 4.74 Å². The number of nitrogens with zero attached hydrogens (tertiary/aromatic N) is 2. The van der Waals surface area contributed by atoms with Gasteiger partial charge in [0.15, 0.2) is 0 Å². The van der Waals surface area contributed by atoms with Crippen molar-refractivity contribution in [2.75, 3.05) is 33.7 Å². The molecule has 2 aliphatic heterocycles. The molecule has 2 heterocycles. The Hall–Kier alpha value is -1.66. The third-order valence-corrected chi connectivity index (χ3v) is 4.69. The maximum Gasteiger partial charge on any atom is 0.239 e. The van der Waals surface area contributed by atoms with Crippen LogP contribution in [0.25, 0.3) is 0 Å². The van der Waals surface area contributed by atoms with Gasteiger partial charge in [-0.1, -0.05) is 6.07 Å². The molecule has 1 aromatic carbocycles. The van der Waals surface area contributed by atoms with Gasteiger partial charge in [0.1, 0.15) is 17.7 Å². The summed E-state index contributed by atoms with van der Waals surface area (Å²) in [5, 5.41) is 3.24. The predicted molar refractivity (Wildman–Crippen MR) is 85.9 cm³/mol. The summed E-state index contributed by atoms with van der Waals surface area (Å²) in [4.78, 5) is 16.7. The quantitative estimate of drug-likeness (QED) is 0.902. The third kappa shape index (κ3) is 3.82. The van der Waals surface area contributed by atoms with Crippen LogP contribution < -0.4 is 10.1 Å². The van der Waals surface area contributed by atoms with Crippen molar-refractivity contribution < 1.29 is 13.9 Å². The Balaban J connectivity index is 1.52. The number of nitrogens with one attached hydrogen (secondary N) is 1. The Morgan fingerprint density at radius 3 is 2.96 bits per heavy atom. The lowest BCUT2D eigenvalue weighted by Crippen LogP contribution is -2.43. The average molecular weight is 321 g/mol. The van der Waals surface area contributed by atoms with Gasteiger partial charge in [0.2, 0.25) is 5.91 Å². The molecule has 0 radical (unpaired) electrons. The van der Waals surface area contributed by atoms with E-state index in [0.29, 0.717) is 24.8 Å². The summed E-state index contributed by atoms with van der Waals surface area (Å²) < 4.78 is 19.0. The minimum Gasteiger partial charge on any atom is -0.489 e. The van der Waals surface area contributed by atoms with Gasteiger partial charge in [-0.05, 0) is 32.6 Å². The maximum atomic E-state index is 13.2. The number of likely N-dealkylation sites (tertiary alicyclic amines) is 1. The van der Waals surface area contributed by atoms with E-state index in [9.17, 15) is 9.18 Å². The van der Waals surface area contributed by atoms with Crippen molar-refractivity contribution in [3.8, 4) is 5.75 Å². The minimum atomic E-state index is -0.312. The Bertz CT molecular complexity index is 567. The molecule has 5 nitrogen and oxygen atoms in total. The van der Waals surface area contributed by atoms with Crippen molar-refractivity contribution >= 4 is 5.91 Å². The molecule has 23 heavy (non-hydrogen) atoms. The van der Waals surface area contributed by atoms with Crippen LogP contribution in [-0.2, 0) is 4.79 Å². The summed E-state index contributed by atoms with van der Waals surface area (Å²) in [6, 6.07) is 6.37. The van der Waals surface area contributed by atoms with Crippen molar-refractivity contribution in [1.82, 2.24) is 15.1 Å². The highest BCUT2D eigenvalue weighted by atomic mass is 19.1. The Kier molecular flexibility index (Phi) is 4.82. The van der Waals surface area contributed by atoms with E-state index in [0.717, 1.165) is 19.5 Å². The van der Waals surface area contributed by atoms with Crippen molar-refractivity contribution in [2.24, 2.45) is 0 Å². The van der Waals surface area contributed by atoms with Gasteiger partial charge in [0, 0.05) is 38.2 Å². The smallest absolute Gasteiger partial charge is 0.239 e. The largest absolute Gasteiger partial charge is 0.489 e. The normalized spacial score (nSPS) is 27.7. The molecule has 3 rings (SSSR count). The molecule has 0 aromatic heterocycles. The highest BCUT2D eigenvalue weighted by Gasteiger charge is 2.36. The van der Waals surface area contributed by atoms with E-state index in [2.05, 4.69) is 24.3 Å². The van der Waals surface area contributed by atoms with Crippen LogP contribution in [-0.4, -0.2) is 67.6 Å². The Labute approximate surface area is 136 Å². The second kappa shape index (κ2) is 6.84. The molecule has 2 fully saturated rings. The highest BCUT2D eigenvalue weighted by Crippen LogP contribution is 2.21. The van der Waals surface area contributed by atoms with Gasteiger partial charge in [-0.15, -0.1) is 0 Å². The molecule has 0 spiro atoms. The molecule has 2 aliphatic rings. The van der Waals surface area contributed by atoms with Crippen LogP contribution in [0.5, 0.6) is 5.75 Å². The number of hydrogen-bond acceptors (Lipinski definition) is 4. The van der Waals surface area contributed by atoms with E-state index < -0.39 is 0 Å². The molecule has 1 N–H and O–H groups in total. The molecule has 3 unspecified atom stereocenters. The number of carbonyl (C=O) groups is 1. The van der Waals surface area contributed by atoms with Crippen molar-refractivity contribution in [2.45, 2.75) is 31.0 Å². The minimum absolute atomic E-state index is 0.0991. The van der Waals surface area contributed by atoms with E-state index in [1.165, 1.54) is 12.1 Å². The number of carbonyl (C=O) groups excluding carboxylic acids is 1. The summed E-state index contributed by atoms with van der Waals surface area (Å²) in [6.07, 6.45) is 1.55. The lowest BCUT2D eigenvalue weighted by Gasteiger charge is -2.22. The Morgan fingerprint density at radius 1 is 1.43 bits per heavy atom. The molecular weight excluding hydrogens is 297 g/mol. The van der Waals surface area contributed by atoms with Gasteiger partial charge in [-0.3, -0.25) is 4.79 Å². The topological polar surface area (TPSA) is 44.8 Å². The zero-order chi connectivity index (χ0) is 16.4. The first-order chi connectivity index (χ1) is 11.0. The van der Waals surface area contributed by atoms with Crippen LogP contribution in [0.3, 0.4) is 0 Å². The van der Waals surface area contributed by atoms with Gasteiger partial charge in [-0.2, -0.15) is 0 Å². The first-order valence-corrected chi connectivity index (χ1v) is 8.14. The lowest BCUT2D eigenvalue weighted by molar-refractivity contribution is -0.132. The fourth-order valence-electron chi connectivity index (χ4n) is 3.30. The second-order valence-corrected chi connectivity index (χ2v) is 6.58. The monoisotopic (exact) mass is 321 g/mol. The van der Waals surface area contributed by atoms with Gasteiger partial charge in [-0.25, -0.2) is 4.39 Å². The molecule has 0 bridgehead atoms. The number of hydrogen-bond donors (Lipinski definition) is 1. The standard InChI is InChI=1S/C17H24FN3O2/c1-20(2)13-6-7-21(11-13)17(22)16-9-15(10-19-16)23-14-5-3-4-12(18)8-14/h3-5,8,13,15-16,19H,6-7,9-11H2,1-2H3. The Morgan fingerprint density at radius 2 is 2.26 bits per heavy atom. The highest BCUT2D eigenvalue weighted by molar-refractivity contribution is 5.82. The van der Waals surface area contributed by atoms with Crippen LogP contribution in [0, 0.1) is 5.82 Å². The summed E-state index contributed by atoms with van der Waals surface area (Å²) in [5.41, 5.74) is 0. The predicted octanol–water partition coefficient (Wildman–Crippen LogP) is 1.10. The number of ether oxygens (including phenoxy) is 1. The molecule has 0 saturated carbocycles. The number of halogens is 1. The molecule has 1 amide bonds. The van der Waals surface area contributed by atoms with Crippen molar-refractivity contribution in [3.05, 3.63) is 30.1 Å². The summed E-state index contributed by atoms with van der Waals surface area (Å²) in [5.74, 6) is 0.353. The number of rotatable bonds is 4. The third-order valence-electron chi connectivity index (χ3n) is 4.69. The average Bonchev–Trinajstić information content (AvgIpc) is 3.15. The molecule has 0 aliphatic carbocycles. The zero-order valence-corrected chi connectivity index (χ0v) is 13.7. The van der Waals surface area contributed by atoms with Crippen LogP contribution >= 0.6 is 0 Å². The molecule has 2 saturated heterocycles. The number of benzene rings is 1. The summed E-state index contributed by atoms with van der Waals surface area (Å²) in [7, 11) is 4.10. The van der Waals surface area contributed by atoms with Gasteiger partial charge in [0.25, 0.3) is 0 Å². The SMILES string of the molecule is CN(C)C1CCN(C(=O)C2CC(Oc3cccc(F)c3)CN2)C1. The van der Waals surface area contributed by atoms with Crippen LogP contribution in [0.4, 0.5) is 4.39 Å². The lowest BCUT2D eigenvalue weighted by atomic mass is 10.2. The fourth-order valence-corrected chi connectivity index (χ4v) is 3.30. The number of amides is 1. The van der Waals surface area contributed by atoms with Gasteiger partial charge < -0.3 is 19.9 Å².